The van der Waals surface area contributed by atoms with E-state index < -0.39 is 0 Å². The smallest absolute Gasteiger partial charge is 0.318 e. The fourth-order valence-corrected chi connectivity index (χ4v) is 2.84. The number of esters is 1. The molecule has 2 aromatic heterocycles. The molecule has 0 aliphatic rings. The zero-order valence-corrected chi connectivity index (χ0v) is 13.0. The van der Waals surface area contributed by atoms with E-state index in [2.05, 4.69) is 20.3 Å². The number of thiophene rings is 1. The van der Waals surface area contributed by atoms with E-state index >= 15 is 0 Å². The molecule has 110 valence electrons. The highest BCUT2D eigenvalue weighted by atomic mass is 32.2. The summed E-state index contributed by atoms with van der Waals surface area (Å²) in [5.41, 5.74) is 0. The first kappa shape index (κ1) is 15.5. The van der Waals surface area contributed by atoms with Crippen LogP contribution in [0.5, 0.6) is 0 Å². The van der Waals surface area contributed by atoms with E-state index in [1.165, 1.54) is 30.2 Å². The first-order chi connectivity index (χ1) is 10.1. The summed E-state index contributed by atoms with van der Waals surface area (Å²) in [6.07, 6.45) is 0. The lowest BCUT2D eigenvalue weighted by atomic mass is 10.4. The molecule has 8 heteroatoms. The number of anilines is 1. The van der Waals surface area contributed by atoms with Crippen molar-refractivity contribution in [1.82, 2.24) is 10.2 Å². The Balaban J connectivity index is 1.96. The number of ether oxygens (including phenoxy) is 1. The molecule has 0 fully saturated rings. The van der Waals surface area contributed by atoms with Crippen molar-refractivity contribution in [2.24, 2.45) is 0 Å². The molecule has 0 spiro atoms. The number of nitrogens with one attached hydrogen (secondary N) is 1. The molecule has 21 heavy (non-hydrogen) atoms. The highest BCUT2D eigenvalue weighted by Crippen LogP contribution is 2.22. The van der Waals surface area contributed by atoms with Crippen molar-refractivity contribution < 1.29 is 14.3 Å². The minimum Gasteiger partial charge on any atom is -0.468 e. The van der Waals surface area contributed by atoms with Gasteiger partial charge in [0.15, 0.2) is 5.82 Å². The highest BCUT2D eigenvalue weighted by Gasteiger charge is 2.15. The Morgan fingerprint density at radius 3 is 2.71 bits per heavy atom. The van der Waals surface area contributed by atoms with Crippen molar-refractivity contribution in [2.45, 2.75) is 17.2 Å². The van der Waals surface area contributed by atoms with Gasteiger partial charge in [-0.15, -0.1) is 21.5 Å². The maximum Gasteiger partial charge on any atom is 0.318 e. The van der Waals surface area contributed by atoms with Crippen LogP contribution in [0.15, 0.2) is 34.7 Å². The van der Waals surface area contributed by atoms with Crippen molar-refractivity contribution in [3.63, 3.8) is 0 Å². The summed E-state index contributed by atoms with van der Waals surface area (Å²) >= 11 is 2.59. The quantitative estimate of drug-likeness (QED) is 0.672. The zero-order chi connectivity index (χ0) is 15.2. The molecule has 0 aliphatic carbocycles. The van der Waals surface area contributed by atoms with Gasteiger partial charge in [0, 0.05) is 0 Å². The summed E-state index contributed by atoms with van der Waals surface area (Å²) in [4.78, 5) is 23.8. The number of amides is 1. The fraction of sp³-hybridized carbons (Fsp3) is 0.231. The van der Waals surface area contributed by atoms with Gasteiger partial charge >= 0.3 is 5.97 Å². The predicted octanol–water partition coefficient (Wildman–Crippen LogP) is 2.44. The molecule has 0 bridgehead atoms. The number of carbonyl (C=O) groups is 2. The van der Waals surface area contributed by atoms with Crippen LogP contribution in [0.25, 0.3) is 0 Å². The average molecular weight is 323 g/mol. The Morgan fingerprint density at radius 2 is 2.14 bits per heavy atom. The first-order valence-corrected chi connectivity index (χ1v) is 7.79. The molecular formula is C13H13N3O3S2. The molecule has 2 heterocycles. The third-order valence-corrected chi connectivity index (χ3v) is 4.33. The number of carbonyl (C=O) groups excluding carboxylic acids is 2. The number of aromatic nitrogens is 2. The van der Waals surface area contributed by atoms with Crippen molar-refractivity contribution in [3.05, 3.63) is 34.5 Å². The van der Waals surface area contributed by atoms with Crippen LogP contribution in [0.3, 0.4) is 0 Å². The highest BCUT2D eigenvalue weighted by molar-refractivity contribution is 8.00. The van der Waals surface area contributed by atoms with E-state index in [1.54, 1.807) is 31.2 Å². The molecule has 0 radical (unpaired) electrons. The summed E-state index contributed by atoms with van der Waals surface area (Å²) in [6.45, 7) is 1.73. The number of methoxy groups -OCH3 is 1. The molecule has 1 atom stereocenters. The minimum absolute atomic E-state index is 0.220. The van der Waals surface area contributed by atoms with Crippen molar-refractivity contribution in [2.75, 3.05) is 12.4 Å². The van der Waals surface area contributed by atoms with E-state index in [9.17, 15) is 9.59 Å². The van der Waals surface area contributed by atoms with Gasteiger partial charge < -0.3 is 10.1 Å². The normalized spacial score (nSPS) is 11.7. The van der Waals surface area contributed by atoms with E-state index in [4.69, 9.17) is 0 Å². The molecule has 0 aliphatic heterocycles. The topological polar surface area (TPSA) is 81.2 Å². The van der Waals surface area contributed by atoms with Gasteiger partial charge in [0.05, 0.1) is 12.0 Å². The fourth-order valence-electron chi connectivity index (χ4n) is 1.43. The van der Waals surface area contributed by atoms with Gasteiger partial charge in [0.1, 0.15) is 10.3 Å². The van der Waals surface area contributed by atoms with Crippen LogP contribution in [-0.2, 0) is 9.53 Å². The third kappa shape index (κ3) is 4.27. The largest absolute Gasteiger partial charge is 0.468 e. The Bertz CT molecular complexity index is 614. The summed E-state index contributed by atoms with van der Waals surface area (Å²) in [5, 5.41) is 12.6. The van der Waals surface area contributed by atoms with Gasteiger partial charge in [0.2, 0.25) is 0 Å². The minimum atomic E-state index is -0.365. The summed E-state index contributed by atoms with van der Waals surface area (Å²) in [7, 11) is 1.34. The van der Waals surface area contributed by atoms with E-state index in [0.29, 0.717) is 15.7 Å². The first-order valence-electron chi connectivity index (χ1n) is 6.03. The number of thioether (sulfide) groups is 1. The molecular weight excluding hydrogens is 310 g/mol. The van der Waals surface area contributed by atoms with Crippen LogP contribution in [-0.4, -0.2) is 34.4 Å². The summed E-state index contributed by atoms with van der Waals surface area (Å²) in [5.74, 6) is -0.178. The van der Waals surface area contributed by atoms with Crippen molar-refractivity contribution >= 4 is 40.8 Å². The SMILES string of the molecule is COC(=O)C(C)Sc1ccc(NC(=O)c2cccs2)nn1. The van der Waals surface area contributed by atoms with Crippen LogP contribution in [0.2, 0.25) is 0 Å². The monoisotopic (exact) mass is 323 g/mol. The second-order valence-electron chi connectivity index (χ2n) is 3.97. The van der Waals surface area contributed by atoms with Crippen LogP contribution >= 0.6 is 23.1 Å². The number of hydrogen-bond donors (Lipinski definition) is 1. The van der Waals surface area contributed by atoms with Gasteiger partial charge in [-0.3, -0.25) is 9.59 Å². The van der Waals surface area contributed by atoms with Gasteiger partial charge in [-0.2, -0.15) is 0 Å². The van der Waals surface area contributed by atoms with Gasteiger partial charge in [-0.25, -0.2) is 0 Å². The molecule has 0 saturated heterocycles. The van der Waals surface area contributed by atoms with E-state index in [-0.39, 0.29) is 17.1 Å². The van der Waals surface area contributed by atoms with Gasteiger partial charge in [-0.1, -0.05) is 17.8 Å². The molecule has 0 aromatic carbocycles. The predicted molar refractivity (Wildman–Crippen MR) is 81.6 cm³/mol. The van der Waals surface area contributed by atoms with Gasteiger partial charge in [-0.05, 0) is 30.5 Å². The molecule has 2 aromatic rings. The summed E-state index contributed by atoms with van der Waals surface area (Å²) < 4.78 is 4.64. The molecule has 1 amide bonds. The lowest BCUT2D eigenvalue weighted by molar-refractivity contribution is -0.139. The van der Waals surface area contributed by atoms with Gasteiger partial charge in [0.25, 0.3) is 5.91 Å². The zero-order valence-electron chi connectivity index (χ0n) is 11.4. The van der Waals surface area contributed by atoms with E-state index in [1.807, 2.05) is 5.38 Å². The molecule has 6 nitrogen and oxygen atoms in total. The van der Waals surface area contributed by atoms with Crippen LogP contribution in [0.4, 0.5) is 5.82 Å². The number of hydrogen-bond acceptors (Lipinski definition) is 7. The standard InChI is InChI=1S/C13H13N3O3S2/c1-8(13(18)19-2)21-11-6-5-10(15-16-11)14-12(17)9-4-3-7-20-9/h3-8H,1-2H3,(H,14,15,17). The van der Waals surface area contributed by atoms with Crippen LogP contribution in [0.1, 0.15) is 16.6 Å². The average Bonchev–Trinajstić information content (AvgIpc) is 3.02. The van der Waals surface area contributed by atoms with Crippen molar-refractivity contribution in [3.8, 4) is 0 Å². The lowest BCUT2D eigenvalue weighted by Crippen LogP contribution is -2.15. The molecule has 1 N–H and O–H groups in total. The number of nitrogens with zero attached hydrogens (tertiary/aromatic N) is 2. The molecule has 2 rings (SSSR count). The second kappa shape index (κ2) is 7.19. The van der Waals surface area contributed by atoms with E-state index in [0.717, 1.165) is 0 Å². The molecule has 1 unspecified atom stereocenters. The maximum absolute atomic E-state index is 11.8. The molecule has 0 saturated carbocycles. The summed E-state index contributed by atoms with van der Waals surface area (Å²) in [6, 6.07) is 6.88. The van der Waals surface area contributed by atoms with Crippen LogP contribution in [0, 0.1) is 0 Å². The lowest BCUT2D eigenvalue weighted by Gasteiger charge is -2.08. The Labute approximate surface area is 129 Å². The third-order valence-electron chi connectivity index (χ3n) is 2.46. The Hall–Kier alpha value is -1.93. The Kier molecular flexibility index (Phi) is 5.29. The second-order valence-corrected chi connectivity index (χ2v) is 6.28. The maximum atomic E-state index is 11.8. The van der Waals surface area contributed by atoms with Crippen molar-refractivity contribution in [1.29, 1.82) is 0 Å². The Morgan fingerprint density at radius 1 is 1.33 bits per heavy atom. The number of rotatable bonds is 5. The van der Waals surface area contributed by atoms with Crippen LogP contribution < -0.4 is 5.32 Å².